The van der Waals surface area contributed by atoms with Crippen molar-refractivity contribution in [2.75, 3.05) is 6.79 Å². The monoisotopic (exact) mass is 338 g/mol. The minimum absolute atomic E-state index is 0.0511. The number of fused-ring (bicyclic) bond motifs is 1. The molecule has 0 saturated heterocycles. The molecule has 124 valence electrons. The first-order valence-electron chi connectivity index (χ1n) is 7.27. The van der Waals surface area contributed by atoms with Crippen molar-refractivity contribution in [3.63, 3.8) is 0 Å². The third-order valence-electron chi connectivity index (χ3n) is 3.65. The van der Waals surface area contributed by atoms with Gasteiger partial charge in [0.25, 0.3) is 5.69 Å². The number of cyclic esters (lactones) is 1. The van der Waals surface area contributed by atoms with Crippen LogP contribution in [-0.4, -0.2) is 23.6 Å². The number of hydrogen-bond acceptors (Lipinski definition) is 7. The topological polar surface area (TPSA) is 100 Å². The lowest BCUT2D eigenvalue weighted by Crippen LogP contribution is -2.05. The molecule has 0 fully saturated rings. The molecule has 0 bridgehead atoms. The molecule has 25 heavy (non-hydrogen) atoms. The molecule has 2 aromatic rings. The van der Waals surface area contributed by atoms with Crippen LogP contribution in [0.5, 0.6) is 11.5 Å². The molecule has 0 saturated carbocycles. The quantitative estimate of drug-likeness (QED) is 0.369. The second kappa shape index (κ2) is 5.75. The molecule has 0 N–H and O–H groups in total. The Balaban J connectivity index is 1.62. The van der Waals surface area contributed by atoms with Crippen molar-refractivity contribution in [3.05, 3.63) is 69.4 Å². The van der Waals surface area contributed by atoms with Gasteiger partial charge in [0.15, 0.2) is 17.2 Å². The Bertz CT molecular complexity index is 946. The third-order valence-corrected chi connectivity index (χ3v) is 3.65. The second-order valence-electron chi connectivity index (χ2n) is 5.25. The van der Waals surface area contributed by atoms with Crippen LogP contribution < -0.4 is 9.47 Å². The minimum atomic E-state index is -0.592. The van der Waals surface area contributed by atoms with E-state index in [0.29, 0.717) is 22.6 Å². The SMILES string of the molecule is O=C1OC(c2ccc([N+](=O)[O-])cc2)=N/C1=C\c1ccc2c(c1)OCO2. The van der Waals surface area contributed by atoms with Crippen molar-refractivity contribution in [1.82, 2.24) is 0 Å². The number of ether oxygens (including phenoxy) is 3. The van der Waals surface area contributed by atoms with E-state index in [1.807, 2.05) is 0 Å². The molecule has 8 heteroatoms. The number of carbonyl (C=O) groups excluding carboxylic acids is 1. The first-order valence-corrected chi connectivity index (χ1v) is 7.27. The second-order valence-corrected chi connectivity index (χ2v) is 5.25. The van der Waals surface area contributed by atoms with Gasteiger partial charge in [-0.1, -0.05) is 6.07 Å². The van der Waals surface area contributed by atoms with E-state index in [2.05, 4.69) is 4.99 Å². The Morgan fingerprint density at radius 3 is 2.60 bits per heavy atom. The Kier molecular flexibility index (Phi) is 3.42. The van der Waals surface area contributed by atoms with Crippen molar-refractivity contribution < 1.29 is 23.9 Å². The Labute approximate surface area is 141 Å². The highest BCUT2D eigenvalue weighted by Crippen LogP contribution is 2.33. The minimum Gasteiger partial charge on any atom is -0.454 e. The van der Waals surface area contributed by atoms with Crippen LogP contribution in [0.25, 0.3) is 6.08 Å². The number of benzene rings is 2. The molecular formula is C17H10N2O6. The first kappa shape index (κ1) is 14.9. The highest BCUT2D eigenvalue weighted by Gasteiger charge is 2.25. The maximum Gasteiger partial charge on any atom is 0.363 e. The third kappa shape index (κ3) is 2.80. The lowest BCUT2D eigenvalue weighted by atomic mass is 10.1. The van der Waals surface area contributed by atoms with Crippen molar-refractivity contribution in [2.45, 2.75) is 0 Å². The number of aliphatic imine (C=N–C) groups is 1. The summed E-state index contributed by atoms with van der Waals surface area (Å²) in [4.78, 5) is 26.3. The smallest absolute Gasteiger partial charge is 0.363 e. The van der Waals surface area contributed by atoms with Gasteiger partial charge in [0.2, 0.25) is 12.7 Å². The Morgan fingerprint density at radius 2 is 1.84 bits per heavy atom. The van der Waals surface area contributed by atoms with E-state index in [9.17, 15) is 14.9 Å². The van der Waals surface area contributed by atoms with Gasteiger partial charge in [-0.3, -0.25) is 10.1 Å². The number of esters is 1. The van der Waals surface area contributed by atoms with Gasteiger partial charge in [0.05, 0.1) is 4.92 Å². The maximum atomic E-state index is 12.0. The molecule has 2 aliphatic heterocycles. The van der Waals surface area contributed by atoms with Gasteiger partial charge in [-0.05, 0) is 35.9 Å². The summed E-state index contributed by atoms with van der Waals surface area (Å²) in [6, 6.07) is 10.9. The highest BCUT2D eigenvalue weighted by molar-refractivity contribution is 6.12. The van der Waals surface area contributed by atoms with Crippen LogP contribution in [-0.2, 0) is 9.53 Å². The maximum absolute atomic E-state index is 12.0. The molecule has 2 aliphatic rings. The van der Waals surface area contributed by atoms with Crippen molar-refractivity contribution >= 4 is 23.6 Å². The number of carbonyl (C=O) groups is 1. The Morgan fingerprint density at radius 1 is 1.08 bits per heavy atom. The molecular weight excluding hydrogens is 328 g/mol. The molecule has 0 radical (unpaired) electrons. The normalized spacial score (nSPS) is 16.7. The summed E-state index contributed by atoms with van der Waals surface area (Å²) in [6.07, 6.45) is 1.57. The molecule has 0 spiro atoms. The lowest BCUT2D eigenvalue weighted by molar-refractivity contribution is -0.384. The number of hydrogen-bond donors (Lipinski definition) is 0. The van der Waals surface area contributed by atoms with E-state index in [4.69, 9.17) is 14.2 Å². The van der Waals surface area contributed by atoms with E-state index in [0.717, 1.165) is 0 Å². The summed E-state index contributed by atoms with van der Waals surface area (Å²) in [5.41, 5.74) is 1.27. The zero-order valence-corrected chi connectivity index (χ0v) is 12.7. The number of nitro benzene ring substituents is 1. The predicted molar refractivity (Wildman–Crippen MR) is 86.3 cm³/mol. The van der Waals surface area contributed by atoms with Crippen LogP contribution in [0.1, 0.15) is 11.1 Å². The number of nitro groups is 1. The first-order chi connectivity index (χ1) is 12.1. The van der Waals surface area contributed by atoms with Crippen LogP contribution in [0.15, 0.2) is 53.2 Å². The number of non-ortho nitro benzene ring substituents is 1. The molecule has 4 rings (SSSR count). The van der Waals surface area contributed by atoms with Crippen molar-refractivity contribution in [2.24, 2.45) is 4.99 Å². The lowest BCUT2D eigenvalue weighted by Gasteiger charge is -1.98. The molecule has 0 aromatic heterocycles. The summed E-state index contributed by atoms with van der Waals surface area (Å²) in [7, 11) is 0. The Hall–Kier alpha value is -3.68. The van der Waals surface area contributed by atoms with E-state index >= 15 is 0 Å². The fourth-order valence-corrected chi connectivity index (χ4v) is 2.42. The molecule has 0 atom stereocenters. The molecule has 2 heterocycles. The van der Waals surface area contributed by atoms with Crippen LogP contribution in [0.2, 0.25) is 0 Å². The summed E-state index contributed by atoms with van der Waals surface area (Å²) in [5.74, 6) is 0.754. The average molecular weight is 338 g/mol. The van der Waals surface area contributed by atoms with E-state index < -0.39 is 10.9 Å². The van der Waals surface area contributed by atoms with Gasteiger partial charge in [0, 0.05) is 17.7 Å². The summed E-state index contributed by atoms with van der Waals surface area (Å²) < 4.78 is 15.7. The molecule has 0 amide bonds. The van der Waals surface area contributed by atoms with Crippen LogP contribution in [0.3, 0.4) is 0 Å². The molecule has 0 unspecified atom stereocenters. The molecule has 0 aliphatic carbocycles. The van der Waals surface area contributed by atoms with Crippen molar-refractivity contribution in [1.29, 1.82) is 0 Å². The zero-order chi connectivity index (χ0) is 17.4. The van der Waals surface area contributed by atoms with Crippen molar-refractivity contribution in [3.8, 4) is 11.5 Å². The van der Waals surface area contributed by atoms with Crippen LogP contribution in [0, 0.1) is 10.1 Å². The fourth-order valence-electron chi connectivity index (χ4n) is 2.42. The molecule has 8 nitrogen and oxygen atoms in total. The van der Waals surface area contributed by atoms with Gasteiger partial charge in [0.1, 0.15) is 0 Å². The summed E-state index contributed by atoms with van der Waals surface area (Å²) >= 11 is 0. The van der Waals surface area contributed by atoms with Crippen LogP contribution >= 0.6 is 0 Å². The van der Waals surface area contributed by atoms with E-state index in [-0.39, 0.29) is 24.1 Å². The zero-order valence-electron chi connectivity index (χ0n) is 12.7. The van der Waals surface area contributed by atoms with Crippen LogP contribution in [0.4, 0.5) is 5.69 Å². The summed E-state index contributed by atoms with van der Waals surface area (Å²) in [6.45, 7) is 0.167. The number of rotatable bonds is 3. The fraction of sp³-hybridized carbons (Fsp3) is 0.0588. The summed E-state index contributed by atoms with van der Waals surface area (Å²) in [5, 5.41) is 10.7. The number of nitrogens with zero attached hydrogens (tertiary/aromatic N) is 2. The van der Waals surface area contributed by atoms with Gasteiger partial charge in [-0.2, -0.15) is 0 Å². The predicted octanol–water partition coefficient (Wildman–Crippen LogP) is 2.67. The van der Waals surface area contributed by atoms with Gasteiger partial charge >= 0.3 is 5.97 Å². The van der Waals surface area contributed by atoms with E-state index in [1.54, 1.807) is 24.3 Å². The van der Waals surface area contributed by atoms with Gasteiger partial charge in [-0.25, -0.2) is 9.79 Å². The molecule has 2 aromatic carbocycles. The largest absolute Gasteiger partial charge is 0.454 e. The average Bonchev–Trinajstić information content (AvgIpc) is 3.21. The standard InChI is InChI=1S/C17H10N2O6/c20-17-13(7-10-1-6-14-15(8-10)24-9-23-14)18-16(25-17)11-2-4-12(5-3-11)19(21)22/h1-8H,9H2/b13-7-. The van der Waals surface area contributed by atoms with Gasteiger partial charge < -0.3 is 14.2 Å². The highest BCUT2D eigenvalue weighted by atomic mass is 16.7. The van der Waals surface area contributed by atoms with E-state index in [1.165, 1.54) is 24.3 Å². The van der Waals surface area contributed by atoms with Gasteiger partial charge in [-0.15, -0.1) is 0 Å².